The number of amides is 2. The number of halogens is 1. The zero-order chi connectivity index (χ0) is 27.7. The predicted octanol–water partition coefficient (Wildman–Crippen LogP) is 3.94. The Hall–Kier alpha value is -3.19. The number of nitro benzene ring substituents is 1. The van der Waals surface area contributed by atoms with Crippen molar-refractivity contribution in [2.24, 2.45) is 0 Å². The van der Waals surface area contributed by atoms with E-state index in [0.29, 0.717) is 42.1 Å². The number of hydrogen-bond acceptors (Lipinski definition) is 7. The number of thioether (sulfide) groups is 1. The molecule has 1 N–H and O–H groups in total. The molecule has 2 aliphatic rings. The Morgan fingerprint density at radius 2 is 1.79 bits per heavy atom. The number of nitro groups is 1. The van der Waals surface area contributed by atoms with Crippen molar-refractivity contribution in [3.8, 4) is 0 Å². The highest BCUT2D eigenvalue weighted by Gasteiger charge is 2.36. The van der Waals surface area contributed by atoms with Crippen molar-refractivity contribution >= 4 is 61.7 Å². The molecule has 2 fully saturated rings. The standard InChI is InChI=1S/C26H25ClN4O6S2/c27-20-7-3-19-15-22(10-6-18(19)14-20)39(36,37)28-23-2-1-11-29(25(23)33)16-24(32)30-12-13-38-26(30)17-4-8-21(9-5-17)31(34)35/h3-10,14-15,23,26,28H,1-2,11-13,16H2. The summed E-state index contributed by atoms with van der Waals surface area (Å²) in [6.07, 6.45) is 0.875. The Balaban J connectivity index is 1.26. The van der Waals surface area contributed by atoms with Gasteiger partial charge in [-0.3, -0.25) is 19.7 Å². The molecule has 3 aromatic carbocycles. The summed E-state index contributed by atoms with van der Waals surface area (Å²) < 4.78 is 28.8. The Kier molecular flexibility index (Phi) is 7.81. The molecule has 13 heteroatoms. The summed E-state index contributed by atoms with van der Waals surface area (Å²) in [4.78, 5) is 40.1. The first-order valence-corrected chi connectivity index (χ1v) is 15.2. The fourth-order valence-corrected chi connectivity index (χ4v) is 7.56. The molecule has 0 aliphatic carbocycles. The van der Waals surface area contributed by atoms with Crippen LogP contribution in [0, 0.1) is 10.1 Å². The number of nitrogens with one attached hydrogen (secondary N) is 1. The first-order valence-electron chi connectivity index (χ1n) is 12.3. The monoisotopic (exact) mass is 588 g/mol. The third kappa shape index (κ3) is 5.88. The quantitative estimate of drug-likeness (QED) is 0.327. The second-order valence-corrected chi connectivity index (χ2v) is 12.7. The van der Waals surface area contributed by atoms with Gasteiger partial charge in [-0.05, 0) is 65.6 Å². The van der Waals surface area contributed by atoms with Gasteiger partial charge in [-0.2, -0.15) is 4.72 Å². The molecule has 0 bridgehead atoms. The summed E-state index contributed by atoms with van der Waals surface area (Å²) in [6, 6.07) is 14.9. The van der Waals surface area contributed by atoms with E-state index in [0.717, 1.165) is 10.9 Å². The van der Waals surface area contributed by atoms with E-state index in [9.17, 15) is 28.1 Å². The molecule has 2 atom stereocenters. The Morgan fingerprint density at radius 3 is 2.54 bits per heavy atom. The lowest BCUT2D eigenvalue weighted by atomic mass is 10.1. The lowest BCUT2D eigenvalue weighted by Crippen LogP contribution is -2.54. The fraction of sp³-hybridized carbons (Fsp3) is 0.308. The Bertz CT molecular complexity index is 1550. The summed E-state index contributed by atoms with van der Waals surface area (Å²) in [5.41, 5.74) is 0.741. The smallest absolute Gasteiger partial charge is 0.269 e. The van der Waals surface area contributed by atoms with Crippen molar-refractivity contribution in [1.29, 1.82) is 0 Å². The van der Waals surface area contributed by atoms with Crippen LogP contribution in [-0.2, 0) is 19.6 Å². The first-order chi connectivity index (χ1) is 18.6. The second kappa shape index (κ2) is 11.1. The van der Waals surface area contributed by atoms with E-state index in [4.69, 9.17) is 11.6 Å². The van der Waals surface area contributed by atoms with Crippen molar-refractivity contribution < 1.29 is 22.9 Å². The van der Waals surface area contributed by atoms with Gasteiger partial charge in [0.15, 0.2) is 0 Å². The number of nitrogens with zero attached hydrogens (tertiary/aromatic N) is 3. The Morgan fingerprint density at radius 1 is 1.08 bits per heavy atom. The second-order valence-electron chi connectivity index (χ2n) is 9.39. The van der Waals surface area contributed by atoms with Crippen molar-refractivity contribution in [3.05, 3.63) is 81.4 Å². The number of rotatable bonds is 7. The number of non-ortho nitro benzene ring substituents is 1. The zero-order valence-electron chi connectivity index (χ0n) is 20.7. The molecule has 2 heterocycles. The van der Waals surface area contributed by atoms with E-state index in [-0.39, 0.29) is 28.4 Å². The average Bonchev–Trinajstić information content (AvgIpc) is 3.41. The van der Waals surface area contributed by atoms with E-state index >= 15 is 0 Å². The lowest BCUT2D eigenvalue weighted by Gasteiger charge is -2.34. The van der Waals surface area contributed by atoms with Crippen LogP contribution in [0.4, 0.5) is 5.69 Å². The van der Waals surface area contributed by atoms with Crippen LogP contribution in [0.25, 0.3) is 10.8 Å². The van der Waals surface area contributed by atoms with Gasteiger partial charge in [0.2, 0.25) is 21.8 Å². The summed E-state index contributed by atoms with van der Waals surface area (Å²) in [7, 11) is -3.99. The molecule has 2 amide bonds. The van der Waals surface area contributed by atoms with Crippen LogP contribution in [0.1, 0.15) is 23.8 Å². The molecular formula is C26H25ClN4O6S2. The number of likely N-dealkylation sites (tertiary alicyclic amines) is 1. The third-order valence-electron chi connectivity index (χ3n) is 6.84. The van der Waals surface area contributed by atoms with Gasteiger partial charge in [-0.25, -0.2) is 8.42 Å². The number of hydrogen-bond donors (Lipinski definition) is 1. The molecule has 39 heavy (non-hydrogen) atoms. The highest BCUT2D eigenvalue weighted by Crippen LogP contribution is 2.38. The van der Waals surface area contributed by atoms with Gasteiger partial charge >= 0.3 is 0 Å². The van der Waals surface area contributed by atoms with Gasteiger partial charge in [0.25, 0.3) is 5.69 Å². The van der Waals surface area contributed by atoms with Gasteiger partial charge in [-0.1, -0.05) is 23.7 Å². The number of carbonyl (C=O) groups is 2. The van der Waals surface area contributed by atoms with Gasteiger partial charge < -0.3 is 9.80 Å². The molecule has 0 spiro atoms. The largest absolute Gasteiger partial charge is 0.332 e. The topological polar surface area (TPSA) is 130 Å². The molecule has 10 nitrogen and oxygen atoms in total. The van der Waals surface area contributed by atoms with Gasteiger partial charge in [0.1, 0.15) is 11.4 Å². The molecule has 204 valence electrons. The molecule has 3 aromatic rings. The van der Waals surface area contributed by atoms with Crippen LogP contribution in [0.15, 0.2) is 65.6 Å². The molecule has 2 unspecified atom stereocenters. The summed E-state index contributed by atoms with van der Waals surface area (Å²) in [6.45, 7) is 0.664. The minimum absolute atomic E-state index is 0.0277. The maximum absolute atomic E-state index is 13.2. The van der Waals surface area contributed by atoms with Crippen LogP contribution in [0.2, 0.25) is 5.02 Å². The minimum Gasteiger partial charge on any atom is -0.332 e. The van der Waals surface area contributed by atoms with E-state index in [1.54, 1.807) is 53.1 Å². The van der Waals surface area contributed by atoms with E-state index in [2.05, 4.69) is 4.72 Å². The first kappa shape index (κ1) is 27.4. The SMILES string of the molecule is O=C1C(NS(=O)(=O)c2ccc3cc(Cl)ccc3c2)CCCN1CC(=O)N1CCSC1c1ccc([N+](=O)[O-])cc1. The molecule has 2 saturated heterocycles. The molecule has 0 saturated carbocycles. The van der Waals surface area contributed by atoms with E-state index in [1.165, 1.54) is 29.2 Å². The summed E-state index contributed by atoms with van der Waals surface area (Å²) in [5, 5.41) is 12.7. The van der Waals surface area contributed by atoms with Crippen molar-refractivity contribution in [1.82, 2.24) is 14.5 Å². The van der Waals surface area contributed by atoms with E-state index in [1.807, 2.05) is 0 Å². The number of piperidine rings is 1. The molecule has 5 rings (SSSR count). The summed E-state index contributed by atoms with van der Waals surface area (Å²) in [5.74, 6) is -0.000247. The van der Waals surface area contributed by atoms with Gasteiger partial charge in [0.05, 0.1) is 16.4 Å². The van der Waals surface area contributed by atoms with Crippen LogP contribution in [-0.4, -0.2) is 66.4 Å². The third-order valence-corrected chi connectivity index (χ3v) is 9.80. The highest BCUT2D eigenvalue weighted by molar-refractivity contribution is 7.99. The lowest BCUT2D eigenvalue weighted by molar-refractivity contribution is -0.384. The predicted molar refractivity (Wildman–Crippen MR) is 149 cm³/mol. The minimum atomic E-state index is -3.99. The van der Waals surface area contributed by atoms with Crippen LogP contribution < -0.4 is 4.72 Å². The van der Waals surface area contributed by atoms with Crippen LogP contribution in [0.5, 0.6) is 0 Å². The number of benzene rings is 3. The highest BCUT2D eigenvalue weighted by atomic mass is 35.5. The fourth-order valence-electron chi connectivity index (χ4n) is 4.84. The molecule has 0 aromatic heterocycles. The average molecular weight is 589 g/mol. The number of fused-ring (bicyclic) bond motifs is 1. The van der Waals surface area contributed by atoms with Gasteiger partial charge in [-0.15, -0.1) is 11.8 Å². The van der Waals surface area contributed by atoms with Crippen molar-refractivity contribution in [2.75, 3.05) is 25.4 Å². The van der Waals surface area contributed by atoms with E-state index < -0.39 is 26.9 Å². The number of carbonyl (C=O) groups excluding carboxylic acids is 2. The summed E-state index contributed by atoms with van der Waals surface area (Å²) >= 11 is 7.57. The number of sulfonamides is 1. The molecule has 0 radical (unpaired) electrons. The maximum atomic E-state index is 13.2. The van der Waals surface area contributed by atoms with Gasteiger partial charge in [0, 0.05) is 36.0 Å². The molecular weight excluding hydrogens is 564 g/mol. The van der Waals surface area contributed by atoms with Crippen LogP contribution >= 0.6 is 23.4 Å². The maximum Gasteiger partial charge on any atom is 0.269 e. The Labute approximate surface area is 234 Å². The van der Waals surface area contributed by atoms with Crippen molar-refractivity contribution in [2.45, 2.75) is 29.2 Å². The normalized spacial score (nSPS) is 20.0. The zero-order valence-corrected chi connectivity index (χ0v) is 23.0. The molecule has 2 aliphatic heterocycles. The van der Waals surface area contributed by atoms with Crippen molar-refractivity contribution in [3.63, 3.8) is 0 Å². The van der Waals surface area contributed by atoms with Crippen LogP contribution in [0.3, 0.4) is 0 Å².